The molecule has 0 bridgehead atoms. The molecule has 1 heterocycles. The fourth-order valence-electron chi connectivity index (χ4n) is 1.70. The average molecular weight is 326 g/mol. The summed E-state index contributed by atoms with van der Waals surface area (Å²) in [6.45, 7) is 2.82. The van der Waals surface area contributed by atoms with Crippen LogP contribution in [0, 0.1) is 0 Å². The SMILES string of the molecule is CCc1nc(COc2c(Br)cccc2CCN)no1. The minimum absolute atomic E-state index is 0.281. The highest BCUT2D eigenvalue weighted by atomic mass is 79.9. The minimum Gasteiger partial charge on any atom is -0.484 e. The maximum atomic E-state index is 5.78. The first-order chi connectivity index (χ1) is 9.24. The van der Waals surface area contributed by atoms with Gasteiger partial charge in [-0.1, -0.05) is 24.2 Å². The lowest BCUT2D eigenvalue weighted by Gasteiger charge is -2.11. The predicted molar refractivity (Wildman–Crippen MR) is 74.9 cm³/mol. The zero-order valence-corrected chi connectivity index (χ0v) is 12.3. The zero-order valence-electron chi connectivity index (χ0n) is 10.7. The van der Waals surface area contributed by atoms with Gasteiger partial charge in [0.05, 0.1) is 4.47 Å². The standard InChI is InChI=1S/C13H16BrN3O2/c1-2-12-16-11(17-19-12)8-18-13-9(6-7-15)4-3-5-10(13)14/h3-5H,2,6-8,15H2,1H3. The summed E-state index contributed by atoms with van der Waals surface area (Å²) in [6, 6.07) is 5.90. The maximum absolute atomic E-state index is 5.78. The third kappa shape index (κ3) is 3.54. The first-order valence-electron chi connectivity index (χ1n) is 6.16. The van der Waals surface area contributed by atoms with Gasteiger partial charge in [0.2, 0.25) is 11.7 Å². The summed E-state index contributed by atoms with van der Waals surface area (Å²) in [5.41, 5.74) is 6.66. The topological polar surface area (TPSA) is 74.2 Å². The third-order valence-electron chi connectivity index (χ3n) is 2.62. The van der Waals surface area contributed by atoms with Crippen LogP contribution in [0.4, 0.5) is 0 Å². The Morgan fingerprint density at radius 3 is 2.95 bits per heavy atom. The van der Waals surface area contributed by atoms with E-state index in [1.54, 1.807) is 0 Å². The van der Waals surface area contributed by atoms with E-state index < -0.39 is 0 Å². The first kappa shape index (κ1) is 14.0. The monoisotopic (exact) mass is 325 g/mol. The number of para-hydroxylation sites is 1. The molecule has 0 unspecified atom stereocenters. The van der Waals surface area contributed by atoms with Gasteiger partial charge < -0.3 is 15.0 Å². The summed E-state index contributed by atoms with van der Waals surface area (Å²) >= 11 is 3.48. The van der Waals surface area contributed by atoms with Crippen LogP contribution in [-0.2, 0) is 19.4 Å². The summed E-state index contributed by atoms with van der Waals surface area (Å²) in [7, 11) is 0. The molecule has 2 rings (SSSR count). The molecule has 19 heavy (non-hydrogen) atoms. The van der Waals surface area contributed by atoms with E-state index in [2.05, 4.69) is 26.1 Å². The van der Waals surface area contributed by atoms with Crippen LogP contribution >= 0.6 is 15.9 Å². The smallest absolute Gasteiger partial charge is 0.226 e. The van der Waals surface area contributed by atoms with Gasteiger partial charge in [-0.15, -0.1) is 0 Å². The maximum Gasteiger partial charge on any atom is 0.226 e. The van der Waals surface area contributed by atoms with Gasteiger partial charge in [-0.05, 0) is 40.5 Å². The predicted octanol–water partition coefficient (Wildman–Crippen LogP) is 2.47. The van der Waals surface area contributed by atoms with Gasteiger partial charge in [0.25, 0.3) is 0 Å². The minimum atomic E-state index is 0.281. The van der Waals surface area contributed by atoms with Crippen molar-refractivity contribution >= 4 is 15.9 Å². The Morgan fingerprint density at radius 2 is 2.26 bits per heavy atom. The summed E-state index contributed by atoms with van der Waals surface area (Å²) in [4.78, 5) is 4.21. The Bertz CT molecular complexity index is 542. The number of nitrogens with two attached hydrogens (primary N) is 1. The molecule has 0 amide bonds. The molecule has 0 radical (unpaired) electrons. The second-order valence-corrected chi connectivity index (χ2v) is 4.87. The number of aryl methyl sites for hydroxylation is 1. The molecule has 0 aliphatic heterocycles. The third-order valence-corrected chi connectivity index (χ3v) is 3.24. The number of ether oxygens (including phenoxy) is 1. The molecule has 1 aromatic carbocycles. The number of halogens is 1. The van der Waals surface area contributed by atoms with Crippen molar-refractivity contribution in [1.29, 1.82) is 0 Å². The van der Waals surface area contributed by atoms with Crippen molar-refractivity contribution in [2.24, 2.45) is 5.73 Å². The molecule has 102 valence electrons. The summed E-state index contributed by atoms with van der Waals surface area (Å²) < 4.78 is 11.7. The van der Waals surface area contributed by atoms with E-state index in [0.717, 1.165) is 28.6 Å². The van der Waals surface area contributed by atoms with Crippen LogP contribution in [0.25, 0.3) is 0 Å². The normalized spacial score (nSPS) is 10.7. The van der Waals surface area contributed by atoms with Crippen molar-refractivity contribution in [3.8, 4) is 5.75 Å². The van der Waals surface area contributed by atoms with Crippen LogP contribution in [0.1, 0.15) is 24.2 Å². The Hall–Kier alpha value is -1.40. The number of rotatable bonds is 6. The number of aromatic nitrogens is 2. The molecule has 0 spiro atoms. The Morgan fingerprint density at radius 1 is 1.42 bits per heavy atom. The van der Waals surface area contributed by atoms with Gasteiger partial charge in [0.1, 0.15) is 5.75 Å². The van der Waals surface area contributed by atoms with Crippen LogP contribution in [-0.4, -0.2) is 16.7 Å². The first-order valence-corrected chi connectivity index (χ1v) is 6.95. The van der Waals surface area contributed by atoms with Gasteiger partial charge >= 0.3 is 0 Å². The number of hydrogen-bond acceptors (Lipinski definition) is 5. The summed E-state index contributed by atoms with van der Waals surface area (Å²) in [6.07, 6.45) is 1.49. The van der Waals surface area contributed by atoms with Gasteiger partial charge in [0, 0.05) is 6.42 Å². The van der Waals surface area contributed by atoms with Crippen molar-refractivity contribution in [3.05, 3.63) is 40.0 Å². The van der Waals surface area contributed by atoms with Crippen LogP contribution < -0.4 is 10.5 Å². The Kier molecular flexibility index (Phi) is 4.93. The van der Waals surface area contributed by atoms with Gasteiger partial charge in [-0.2, -0.15) is 4.98 Å². The van der Waals surface area contributed by atoms with Gasteiger partial charge in [-0.25, -0.2) is 0 Å². The van der Waals surface area contributed by atoms with E-state index in [1.165, 1.54) is 0 Å². The van der Waals surface area contributed by atoms with E-state index in [4.69, 9.17) is 15.0 Å². The number of benzene rings is 1. The average Bonchev–Trinajstić information content (AvgIpc) is 2.86. The van der Waals surface area contributed by atoms with E-state index in [-0.39, 0.29) is 6.61 Å². The second kappa shape index (κ2) is 6.68. The van der Waals surface area contributed by atoms with Crippen molar-refractivity contribution in [2.45, 2.75) is 26.4 Å². The highest BCUT2D eigenvalue weighted by Crippen LogP contribution is 2.29. The van der Waals surface area contributed by atoms with E-state index in [0.29, 0.717) is 18.3 Å². The van der Waals surface area contributed by atoms with Crippen molar-refractivity contribution < 1.29 is 9.26 Å². The van der Waals surface area contributed by atoms with Crippen LogP contribution in [0.2, 0.25) is 0 Å². The molecule has 0 fully saturated rings. The highest BCUT2D eigenvalue weighted by Gasteiger charge is 2.10. The Balaban J connectivity index is 2.09. The lowest BCUT2D eigenvalue weighted by molar-refractivity contribution is 0.281. The molecule has 1 aromatic heterocycles. The number of nitrogens with zero attached hydrogens (tertiary/aromatic N) is 2. The molecule has 0 saturated carbocycles. The molecular weight excluding hydrogens is 310 g/mol. The lowest BCUT2D eigenvalue weighted by atomic mass is 10.1. The molecule has 0 saturated heterocycles. The molecule has 2 aromatic rings. The lowest BCUT2D eigenvalue weighted by Crippen LogP contribution is -2.06. The van der Waals surface area contributed by atoms with Crippen LogP contribution in [0.5, 0.6) is 5.75 Å². The van der Waals surface area contributed by atoms with Crippen molar-refractivity contribution in [2.75, 3.05) is 6.54 Å². The van der Waals surface area contributed by atoms with Gasteiger partial charge in [0.15, 0.2) is 6.61 Å². The fraction of sp³-hybridized carbons (Fsp3) is 0.385. The quantitative estimate of drug-likeness (QED) is 0.883. The van der Waals surface area contributed by atoms with E-state index in [1.807, 2.05) is 25.1 Å². The fourth-order valence-corrected chi connectivity index (χ4v) is 2.22. The largest absolute Gasteiger partial charge is 0.484 e. The van der Waals surface area contributed by atoms with Crippen LogP contribution in [0.3, 0.4) is 0 Å². The molecule has 0 atom stereocenters. The Labute approximate surface area is 120 Å². The molecule has 5 nitrogen and oxygen atoms in total. The van der Waals surface area contributed by atoms with Gasteiger partial charge in [-0.3, -0.25) is 0 Å². The zero-order chi connectivity index (χ0) is 13.7. The summed E-state index contributed by atoms with van der Waals surface area (Å²) in [5, 5.41) is 3.86. The molecule has 2 N–H and O–H groups in total. The molecule has 0 aliphatic carbocycles. The highest BCUT2D eigenvalue weighted by molar-refractivity contribution is 9.10. The van der Waals surface area contributed by atoms with Crippen LogP contribution in [0.15, 0.2) is 27.2 Å². The van der Waals surface area contributed by atoms with E-state index in [9.17, 15) is 0 Å². The van der Waals surface area contributed by atoms with E-state index >= 15 is 0 Å². The second-order valence-electron chi connectivity index (χ2n) is 4.01. The number of hydrogen-bond donors (Lipinski definition) is 1. The molecular formula is C13H16BrN3O2. The summed E-state index contributed by atoms with van der Waals surface area (Å²) in [5.74, 6) is 1.95. The van der Waals surface area contributed by atoms with Crippen molar-refractivity contribution in [1.82, 2.24) is 10.1 Å². The van der Waals surface area contributed by atoms with Crippen molar-refractivity contribution in [3.63, 3.8) is 0 Å². The molecule has 6 heteroatoms. The molecule has 0 aliphatic rings.